The lowest BCUT2D eigenvalue weighted by Crippen LogP contribution is -2.16. The molecule has 4 heterocycles. The Labute approximate surface area is 249 Å². The van der Waals surface area contributed by atoms with Gasteiger partial charge < -0.3 is 25.5 Å². The van der Waals surface area contributed by atoms with E-state index in [4.69, 9.17) is 0 Å². The molecule has 4 rings (SSSR count). The van der Waals surface area contributed by atoms with Gasteiger partial charge in [0.05, 0.1) is 11.6 Å². The number of aliphatic carboxylic acids is 2. The van der Waals surface area contributed by atoms with Gasteiger partial charge in [-0.3, -0.25) is 19.2 Å². The third kappa shape index (κ3) is 6.38. The first-order valence-electron chi connectivity index (χ1n) is 14.4. The highest BCUT2D eigenvalue weighted by molar-refractivity contribution is 6.30. The number of aliphatic imine (C=N–C) groups is 1. The minimum absolute atomic E-state index is 0.0721. The number of H-pyrrole nitrogens is 2. The molecule has 1 atom stereocenters. The molecule has 2 aliphatic heterocycles. The second kappa shape index (κ2) is 12.6. The summed E-state index contributed by atoms with van der Waals surface area (Å²) in [5.74, 6) is -2.44. The van der Waals surface area contributed by atoms with Crippen molar-refractivity contribution in [2.45, 2.75) is 73.6 Å². The van der Waals surface area contributed by atoms with Crippen molar-refractivity contribution in [2.75, 3.05) is 0 Å². The molecule has 226 valence electrons. The lowest BCUT2D eigenvalue weighted by molar-refractivity contribution is -0.138. The molecule has 10 nitrogen and oxygen atoms in total. The normalized spacial score (nSPS) is 19.8. The van der Waals surface area contributed by atoms with E-state index in [9.17, 15) is 29.4 Å². The molecule has 1 fully saturated rings. The summed E-state index contributed by atoms with van der Waals surface area (Å²) in [6, 6.07) is 0. The SMILES string of the molecule is CC=C1C(=Cc2[nH]c(C=c3[nH]c(=CC4=NC(=O)C(CC)=C4C)c(C)c3CCC(=O)O)c(CCC(=O)O)c2C)NC(=O)[C@@H]1C. The number of allylic oxidation sites excluding steroid dienone is 3. The fraction of sp³-hybridized carbons (Fsp3) is 0.364. The van der Waals surface area contributed by atoms with Crippen LogP contribution in [-0.2, 0) is 32.0 Å². The Balaban J connectivity index is 1.91. The molecule has 2 amide bonds. The predicted octanol–water partition coefficient (Wildman–Crippen LogP) is 3.36. The van der Waals surface area contributed by atoms with Gasteiger partial charge >= 0.3 is 11.9 Å². The smallest absolute Gasteiger partial charge is 0.303 e. The minimum atomic E-state index is -0.923. The standard InChI is InChI=1S/C33H38N4O6/c1-7-20-19(6)32(42)37-27(20)14-25-18(5)23(10-12-31(40)41)29(35-25)15-28-22(9-11-30(38)39)17(4)24(34-28)13-26-16(3)21(8-2)33(43)36-26/h7,13-15,19,34-35H,8-12H2,1-6H3,(H,37,42)(H,38,39)(H,40,41)/t19-/m1/s1. The second-order valence-corrected chi connectivity index (χ2v) is 11.0. The van der Waals surface area contributed by atoms with Gasteiger partial charge in [0.2, 0.25) is 5.91 Å². The summed E-state index contributed by atoms with van der Waals surface area (Å²) in [6.07, 6.45) is 8.45. The molecule has 0 unspecified atom stereocenters. The summed E-state index contributed by atoms with van der Waals surface area (Å²) in [6.45, 7) is 11.3. The average Bonchev–Trinajstić information content (AvgIpc) is 3.59. The zero-order valence-corrected chi connectivity index (χ0v) is 25.4. The van der Waals surface area contributed by atoms with Gasteiger partial charge in [0.15, 0.2) is 0 Å². The maximum atomic E-state index is 12.3. The van der Waals surface area contributed by atoms with E-state index in [1.807, 2.05) is 65.8 Å². The number of carboxylic acid groups (broad SMARTS) is 2. The molecule has 0 aliphatic carbocycles. The summed E-state index contributed by atoms with van der Waals surface area (Å²) >= 11 is 0. The Kier molecular flexibility index (Phi) is 9.18. The Morgan fingerprint density at radius 1 is 0.884 bits per heavy atom. The van der Waals surface area contributed by atoms with Crippen molar-refractivity contribution in [3.63, 3.8) is 0 Å². The number of aromatic amines is 2. The molecule has 2 aromatic rings. The van der Waals surface area contributed by atoms with E-state index in [1.54, 1.807) is 0 Å². The molecule has 5 N–H and O–H groups in total. The van der Waals surface area contributed by atoms with Crippen LogP contribution in [0.2, 0.25) is 0 Å². The van der Waals surface area contributed by atoms with Crippen molar-refractivity contribution in [3.05, 3.63) is 72.8 Å². The summed E-state index contributed by atoms with van der Waals surface area (Å²) in [7, 11) is 0. The lowest BCUT2D eigenvalue weighted by atomic mass is 10.00. The van der Waals surface area contributed by atoms with Crippen LogP contribution in [0, 0.1) is 19.8 Å². The van der Waals surface area contributed by atoms with Gasteiger partial charge in [-0.1, -0.05) is 13.0 Å². The Morgan fingerprint density at radius 3 is 2.12 bits per heavy atom. The van der Waals surface area contributed by atoms with Crippen molar-refractivity contribution in [1.29, 1.82) is 0 Å². The fourth-order valence-corrected chi connectivity index (χ4v) is 5.77. The number of aromatic nitrogens is 2. The summed E-state index contributed by atoms with van der Waals surface area (Å²) in [5.41, 5.74) is 8.40. The zero-order chi connectivity index (χ0) is 31.6. The number of rotatable bonds is 10. The molecule has 2 aromatic heterocycles. The second-order valence-electron chi connectivity index (χ2n) is 11.0. The van der Waals surface area contributed by atoms with Gasteiger partial charge in [0.25, 0.3) is 5.91 Å². The topological polar surface area (TPSA) is 165 Å². The van der Waals surface area contributed by atoms with E-state index < -0.39 is 11.9 Å². The average molecular weight is 587 g/mol. The van der Waals surface area contributed by atoms with Crippen LogP contribution < -0.4 is 16.0 Å². The molecule has 0 saturated carbocycles. The van der Waals surface area contributed by atoms with Gasteiger partial charge in [0, 0.05) is 46.2 Å². The van der Waals surface area contributed by atoms with Gasteiger partial charge in [-0.2, -0.15) is 0 Å². The molecule has 0 bridgehead atoms. The number of carbonyl (C=O) groups is 4. The van der Waals surface area contributed by atoms with Crippen molar-refractivity contribution in [1.82, 2.24) is 15.3 Å². The molecule has 2 aliphatic rings. The van der Waals surface area contributed by atoms with Crippen molar-refractivity contribution in [3.8, 4) is 0 Å². The van der Waals surface area contributed by atoms with Crippen LogP contribution in [0.3, 0.4) is 0 Å². The van der Waals surface area contributed by atoms with E-state index in [1.165, 1.54) is 0 Å². The largest absolute Gasteiger partial charge is 0.481 e. The van der Waals surface area contributed by atoms with Crippen molar-refractivity contribution >= 4 is 47.7 Å². The fourth-order valence-electron chi connectivity index (χ4n) is 5.77. The van der Waals surface area contributed by atoms with Gasteiger partial charge in [0.1, 0.15) is 0 Å². The van der Waals surface area contributed by atoms with E-state index in [-0.39, 0.29) is 43.4 Å². The molecule has 0 spiro atoms. The number of carboxylic acids is 2. The molecular formula is C33H38N4O6. The van der Waals surface area contributed by atoms with Crippen LogP contribution in [0.15, 0.2) is 33.5 Å². The number of nitrogens with one attached hydrogen (secondary N) is 3. The maximum Gasteiger partial charge on any atom is 0.303 e. The minimum Gasteiger partial charge on any atom is -0.481 e. The van der Waals surface area contributed by atoms with Crippen LogP contribution >= 0.6 is 0 Å². The third-order valence-corrected chi connectivity index (χ3v) is 8.35. The van der Waals surface area contributed by atoms with E-state index in [0.717, 1.165) is 39.1 Å². The van der Waals surface area contributed by atoms with Crippen molar-refractivity contribution < 1.29 is 29.4 Å². The Hall–Kier alpha value is -4.73. The van der Waals surface area contributed by atoms with Crippen molar-refractivity contribution in [2.24, 2.45) is 10.9 Å². The Bertz CT molecular complexity index is 1780. The first kappa shape index (κ1) is 31.2. The molecular weight excluding hydrogens is 548 g/mol. The number of hydrogen-bond donors (Lipinski definition) is 5. The lowest BCUT2D eigenvalue weighted by Gasteiger charge is -2.03. The molecule has 0 radical (unpaired) electrons. The highest BCUT2D eigenvalue weighted by Gasteiger charge is 2.29. The molecule has 43 heavy (non-hydrogen) atoms. The highest BCUT2D eigenvalue weighted by atomic mass is 16.4. The first-order valence-corrected chi connectivity index (χ1v) is 14.4. The molecule has 0 aromatic carbocycles. The van der Waals surface area contributed by atoms with E-state index >= 15 is 0 Å². The monoisotopic (exact) mass is 586 g/mol. The van der Waals surface area contributed by atoms with Crippen LogP contribution in [0.25, 0.3) is 18.2 Å². The van der Waals surface area contributed by atoms with E-state index in [0.29, 0.717) is 39.8 Å². The summed E-state index contributed by atoms with van der Waals surface area (Å²) in [4.78, 5) is 58.8. The van der Waals surface area contributed by atoms with Crippen LogP contribution in [-0.4, -0.2) is 49.6 Å². The molecule has 1 saturated heterocycles. The van der Waals surface area contributed by atoms with Gasteiger partial charge in [-0.05, 0) is 106 Å². The quantitative estimate of drug-likeness (QED) is 0.286. The zero-order valence-electron chi connectivity index (χ0n) is 25.4. The maximum absolute atomic E-state index is 12.3. The number of carbonyl (C=O) groups excluding carboxylic acids is 2. The Morgan fingerprint density at radius 2 is 1.53 bits per heavy atom. The highest BCUT2D eigenvalue weighted by Crippen LogP contribution is 2.29. The number of nitrogens with zero attached hydrogens (tertiary/aromatic N) is 1. The predicted molar refractivity (Wildman–Crippen MR) is 165 cm³/mol. The third-order valence-electron chi connectivity index (χ3n) is 8.35. The molecule has 10 heteroatoms. The van der Waals surface area contributed by atoms with Crippen LogP contribution in [0.5, 0.6) is 0 Å². The van der Waals surface area contributed by atoms with Crippen LogP contribution in [0.4, 0.5) is 0 Å². The summed E-state index contributed by atoms with van der Waals surface area (Å²) in [5, 5.41) is 23.2. The van der Waals surface area contributed by atoms with Gasteiger partial charge in [-0.25, -0.2) is 4.99 Å². The van der Waals surface area contributed by atoms with Crippen LogP contribution in [0.1, 0.15) is 80.6 Å². The first-order chi connectivity index (χ1) is 20.4. The number of amides is 2. The summed E-state index contributed by atoms with van der Waals surface area (Å²) < 4.78 is 0. The van der Waals surface area contributed by atoms with Gasteiger partial charge in [-0.15, -0.1) is 0 Å². The number of hydrogen-bond acceptors (Lipinski definition) is 4. The van der Waals surface area contributed by atoms with E-state index in [2.05, 4.69) is 20.3 Å².